The summed E-state index contributed by atoms with van der Waals surface area (Å²) in [6.45, 7) is 2.54. The van der Waals surface area contributed by atoms with Gasteiger partial charge in [0.15, 0.2) is 15.0 Å². The lowest BCUT2D eigenvalue weighted by Gasteiger charge is -2.32. The summed E-state index contributed by atoms with van der Waals surface area (Å²) in [6.07, 6.45) is 5.06. The predicted molar refractivity (Wildman–Crippen MR) is 111 cm³/mol. The monoisotopic (exact) mass is 441 g/mol. The number of carbonyl (C=O) groups excluding carboxylic acids is 2. The maximum atomic E-state index is 12.7. The molecule has 0 unspecified atom stereocenters. The summed E-state index contributed by atoms with van der Waals surface area (Å²) in [5.74, 6) is 0.0534. The van der Waals surface area contributed by atoms with Crippen molar-refractivity contribution < 1.29 is 18.0 Å². The molecule has 4 amide bonds. The molecule has 2 saturated heterocycles. The second-order valence-corrected chi connectivity index (χ2v) is 11.2. The molecule has 0 aromatic carbocycles. The molecule has 1 aromatic rings. The smallest absolute Gasteiger partial charge is 0.323 e. The Morgan fingerprint density at radius 3 is 2.28 bits per heavy atom. The minimum atomic E-state index is -3.02. The number of nitrogens with one attached hydrogen (secondary N) is 1. The molecule has 3 heterocycles. The molecular formula is C18H27N5O4S2. The van der Waals surface area contributed by atoms with Crippen LogP contribution in [0.1, 0.15) is 29.8 Å². The van der Waals surface area contributed by atoms with E-state index in [1.165, 1.54) is 11.3 Å². The quantitative estimate of drug-likeness (QED) is 0.710. The van der Waals surface area contributed by atoms with Crippen LogP contribution in [0.15, 0.2) is 0 Å². The zero-order valence-corrected chi connectivity index (χ0v) is 18.1. The first-order chi connectivity index (χ1) is 13.9. The predicted octanol–water partition coefficient (Wildman–Crippen LogP) is 1.41. The number of hydrogen-bond acceptors (Lipinski definition) is 6. The zero-order chi connectivity index (χ0) is 20.4. The van der Waals surface area contributed by atoms with E-state index in [1.54, 1.807) is 26.0 Å². The fourth-order valence-electron chi connectivity index (χ4n) is 3.99. The minimum absolute atomic E-state index is 0.0267. The fourth-order valence-corrected chi connectivity index (χ4v) is 6.23. The Balaban J connectivity index is 1.30. The van der Waals surface area contributed by atoms with Crippen LogP contribution < -0.4 is 5.32 Å². The SMILES string of the molecule is O=C(Nc1nc2c(s1)CCCC2)N1CCCN(C(=O)N2CCS(=O)(=O)CC2)CC1. The van der Waals surface area contributed by atoms with E-state index in [0.29, 0.717) is 37.7 Å². The van der Waals surface area contributed by atoms with Gasteiger partial charge in [-0.25, -0.2) is 23.0 Å². The maximum absolute atomic E-state index is 12.7. The van der Waals surface area contributed by atoms with E-state index in [9.17, 15) is 18.0 Å². The van der Waals surface area contributed by atoms with Crippen molar-refractivity contribution in [2.75, 3.05) is 56.1 Å². The lowest BCUT2D eigenvalue weighted by atomic mass is 10.0. The van der Waals surface area contributed by atoms with Crippen molar-refractivity contribution in [3.8, 4) is 0 Å². The van der Waals surface area contributed by atoms with Crippen molar-refractivity contribution in [2.24, 2.45) is 0 Å². The van der Waals surface area contributed by atoms with E-state index >= 15 is 0 Å². The molecule has 1 N–H and O–H groups in total. The van der Waals surface area contributed by atoms with Crippen LogP contribution in [-0.4, -0.2) is 90.9 Å². The molecule has 0 saturated carbocycles. The van der Waals surface area contributed by atoms with Gasteiger partial charge in [0.25, 0.3) is 0 Å². The summed E-state index contributed by atoms with van der Waals surface area (Å²) in [7, 11) is -3.02. The number of carbonyl (C=O) groups is 2. The van der Waals surface area contributed by atoms with Crippen molar-refractivity contribution in [1.82, 2.24) is 19.7 Å². The normalized spacial score (nSPS) is 22.0. The molecule has 9 nitrogen and oxygen atoms in total. The molecule has 2 fully saturated rings. The van der Waals surface area contributed by atoms with Crippen LogP contribution in [0.3, 0.4) is 0 Å². The van der Waals surface area contributed by atoms with Crippen LogP contribution >= 0.6 is 11.3 Å². The van der Waals surface area contributed by atoms with Gasteiger partial charge >= 0.3 is 12.1 Å². The van der Waals surface area contributed by atoms with Crippen molar-refractivity contribution >= 4 is 38.4 Å². The van der Waals surface area contributed by atoms with Gasteiger partial charge in [0, 0.05) is 44.1 Å². The molecule has 4 rings (SSSR count). The number of rotatable bonds is 1. The van der Waals surface area contributed by atoms with Gasteiger partial charge in [-0.1, -0.05) is 0 Å². The van der Waals surface area contributed by atoms with Crippen LogP contribution in [0.2, 0.25) is 0 Å². The lowest BCUT2D eigenvalue weighted by Crippen LogP contribution is -2.50. The number of thiazole rings is 1. The molecule has 0 bridgehead atoms. The van der Waals surface area contributed by atoms with Crippen LogP contribution in [0.4, 0.5) is 14.7 Å². The van der Waals surface area contributed by atoms with Crippen LogP contribution in [-0.2, 0) is 22.7 Å². The summed E-state index contributed by atoms with van der Waals surface area (Å²) in [6, 6.07) is -0.302. The van der Waals surface area contributed by atoms with Gasteiger partial charge in [-0.15, -0.1) is 11.3 Å². The number of aryl methyl sites for hydroxylation is 2. The Hall–Kier alpha value is -1.88. The number of urea groups is 2. The highest BCUT2D eigenvalue weighted by atomic mass is 32.2. The number of aromatic nitrogens is 1. The number of anilines is 1. The van der Waals surface area contributed by atoms with Gasteiger partial charge in [-0.05, 0) is 32.1 Å². The Bertz CT molecular complexity index is 847. The summed E-state index contributed by atoms with van der Waals surface area (Å²) < 4.78 is 23.2. The summed E-state index contributed by atoms with van der Waals surface area (Å²) in [5.41, 5.74) is 1.12. The van der Waals surface area contributed by atoms with Crippen molar-refractivity contribution in [1.29, 1.82) is 0 Å². The Morgan fingerprint density at radius 2 is 1.52 bits per heavy atom. The summed E-state index contributed by atoms with van der Waals surface area (Å²) >= 11 is 1.57. The molecule has 1 aromatic heterocycles. The second-order valence-electron chi connectivity index (χ2n) is 7.78. The molecule has 0 radical (unpaired) electrons. The molecule has 2 aliphatic heterocycles. The largest absolute Gasteiger partial charge is 0.323 e. The molecule has 0 spiro atoms. The number of amides is 4. The van der Waals surface area contributed by atoms with E-state index in [0.717, 1.165) is 25.0 Å². The first-order valence-corrected chi connectivity index (χ1v) is 12.8. The summed E-state index contributed by atoms with van der Waals surface area (Å²) in [5, 5.41) is 3.59. The molecule has 3 aliphatic rings. The third-order valence-corrected chi connectivity index (χ3v) is 8.41. The van der Waals surface area contributed by atoms with E-state index in [1.807, 2.05) is 0 Å². The van der Waals surface area contributed by atoms with E-state index < -0.39 is 9.84 Å². The number of fused-ring (bicyclic) bond motifs is 1. The number of sulfone groups is 1. The van der Waals surface area contributed by atoms with Crippen molar-refractivity contribution in [3.63, 3.8) is 0 Å². The van der Waals surface area contributed by atoms with Gasteiger partial charge in [-0.3, -0.25) is 5.32 Å². The molecule has 11 heteroatoms. The highest BCUT2D eigenvalue weighted by Gasteiger charge is 2.30. The Morgan fingerprint density at radius 1 is 0.862 bits per heavy atom. The average Bonchev–Trinajstić information content (AvgIpc) is 2.93. The summed E-state index contributed by atoms with van der Waals surface area (Å²) in [4.78, 5) is 36.3. The third kappa shape index (κ3) is 4.82. The van der Waals surface area contributed by atoms with E-state index in [2.05, 4.69) is 10.3 Å². The number of nitrogens with zero attached hydrogens (tertiary/aromatic N) is 4. The highest BCUT2D eigenvalue weighted by Crippen LogP contribution is 2.29. The first kappa shape index (κ1) is 20.4. The van der Waals surface area contributed by atoms with Crippen molar-refractivity contribution in [2.45, 2.75) is 32.1 Å². The topological polar surface area (TPSA) is 103 Å². The molecular weight excluding hydrogens is 414 g/mol. The van der Waals surface area contributed by atoms with Gasteiger partial charge in [0.05, 0.1) is 17.2 Å². The molecule has 29 heavy (non-hydrogen) atoms. The van der Waals surface area contributed by atoms with Crippen LogP contribution in [0.5, 0.6) is 0 Å². The van der Waals surface area contributed by atoms with E-state index in [4.69, 9.17) is 0 Å². The maximum Gasteiger partial charge on any atom is 0.323 e. The van der Waals surface area contributed by atoms with E-state index in [-0.39, 0.29) is 36.7 Å². The first-order valence-electron chi connectivity index (χ1n) is 10.2. The minimum Gasteiger partial charge on any atom is -0.323 e. The Labute approximate surface area is 175 Å². The average molecular weight is 442 g/mol. The molecule has 0 atom stereocenters. The van der Waals surface area contributed by atoms with Crippen LogP contribution in [0, 0.1) is 0 Å². The lowest BCUT2D eigenvalue weighted by molar-refractivity contribution is 0.157. The van der Waals surface area contributed by atoms with Crippen LogP contribution in [0.25, 0.3) is 0 Å². The van der Waals surface area contributed by atoms with Gasteiger partial charge in [0.2, 0.25) is 0 Å². The highest BCUT2D eigenvalue weighted by molar-refractivity contribution is 7.91. The van der Waals surface area contributed by atoms with Gasteiger partial charge in [-0.2, -0.15) is 0 Å². The number of hydrogen-bond donors (Lipinski definition) is 1. The van der Waals surface area contributed by atoms with Gasteiger partial charge in [0.1, 0.15) is 0 Å². The third-order valence-electron chi connectivity index (χ3n) is 5.73. The zero-order valence-electron chi connectivity index (χ0n) is 16.4. The standard InChI is InChI=1S/C18H27N5O4S2/c24-17(20-16-19-14-4-1-2-5-15(14)28-16)21-6-3-7-22(9-8-21)18(25)23-10-12-29(26,27)13-11-23/h1-13H2,(H,19,20,24). The van der Waals surface area contributed by atoms with Crippen molar-refractivity contribution in [3.05, 3.63) is 10.6 Å². The van der Waals surface area contributed by atoms with Gasteiger partial charge < -0.3 is 14.7 Å². The fraction of sp³-hybridized carbons (Fsp3) is 0.722. The Kier molecular flexibility index (Phi) is 5.95. The second kappa shape index (κ2) is 8.47. The molecule has 160 valence electrons. The molecule has 1 aliphatic carbocycles.